The number of rotatable bonds is 2. The maximum Gasteiger partial charge on any atom is 0.222 e. The van der Waals surface area contributed by atoms with Crippen LogP contribution in [0.15, 0.2) is 0 Å². The van der Waals surface area contributed by atoms with Gasteiger partial charge in [-0.1, -0.05) is 20.8 Å². The standard InChI is InChI=1S/C9H17NO2/c1-4-8(11)10-5-9(12,6-10)7(2)3/h7,12H,4-6H2,1-3H3. The molecular weight excluding hydrogens is 154 g/mol. The molecule has 0 atom stereocenters. The van der Waals surface area contributed by atoms with Crippen LogP contribution >= 0.6 is 0 Å². The number of nitrogens with zero attached hydrogens (tertiary/aromatic N) is 1. The van der Waals surface area contributed by atoms with Crippen molar-refractivity contribution in [2.45, 2.75) is 32.8 Å². The fraction of sp³-hybridized carbons (Fsp3) is 0.889. The van der Waals surface area contributed by atoms with E-state index in [4.69, 9.17) is 0 Å². The number of amides is 1. The number of likely N-dealkylation sites (tertiary alicyclic amines) is 1. The third-order valence-corrected chi connectivity index (χ3v) is 2.66. The maximum absolute atomic E-state index is 11.1. The minimum atomic E-state index is -0.620. The van der Waals surface area contributed by atoms with E-state index < -0.39 is 5.60 Å². The lowest BCUT2D eigenvalue weighted by atomic mass is 9.83. The van der Waals surface area contributed by atoms with Crippen LogP contribution in [-0.4, -0.2) is 34.6 Å². The Kier molecular flexibility index (Phi) is 2.42. The molecule has 0 saturated carbocycles. The van der Waals surface area contributed by atoms with Gasteiger partial charge in [0.25, 0.3) is 0 Å². The summed E-state index contributed by atoms with van der Waals surface area (Å²) in [6.45, 7) is 6.82. The first-order valence-corrected chi connectivity index (χ1v) is 4.49. The van der Waals surface area contributed by atoms with Crippen LogP contribution in [0, 0.1) is 5.92 Å². The second-order valence-electron chi connectivity index (χ2n) is 3.86. The molecule has 0 aromatic rings. The topological polar surface area (TPSA) is 40.5 Å². The van der Waals surface area contributed by atoms with Crippen LogP contribution in [0.2, 0.25) is 0 Å². The van der Waals surface area contributed by atoms with Gasteiger partial charge in [-0.3, -0.25) is 4.79 Å². The largest absolute Gasteiger partial charge is 0.386 e. The van der Waals surface area contributed by atoms with Crippen molar-refractivity contribution in [1.82, 2.24) is 4.90 Å². The predicted molar refractivity (Wildman–Crippen MR) is 46.7 cm³/mol. The van der Waals surface area contributed by atoms with E-state index in [0.29, 0.717) is 19.5 Å². The molecule has 3 nitrogen and oxygen atoms in total. The number of β-amino-alcohol motifs (C(OH)–C–C–N with tert-alkyl or cyclic N) is 1. The van der Waals surface area contributed by atoms with E-state index in [1.165, 1.54) is 0 Å². The van der Waals surface area contributed by atoms with Gasteiger partial charge in [-0.05, 0) is 5.92 Å². The number of hydrogen-bond donors (Lipinski definition) is 1. The van der Waals surface area contributed by atoms with Gasteiger partial charge in [-0.15, -0.1) is 0 Å². The first-order valence-electron chi connectivity index (χ1n) is 4.49. The molecule has 0 aliphatic carbocycles. The lowest BCUT2D eigenvalue weighted by molar-refractivity contribution is -0.163. The molecular formula is C9H17NO2. The molecule has 3 heteroatoms. The Morgan fingerprint density at radius 1 is 1.58 bits per heavy atom. The molecule has 12 heavy (non-hydrogen) atoms. The summed E-state index contributed by atoms with van der Waals surface area (Å²) < 4.78 is 0. The molecule has 1 heterocycles. The minimum absolute atomic E-state index is 0.139. The van der Waals surface area contributed by atoms with E-state index in [9.17, 15) is 9.90 Å². The molecule has 1 N–H and O–H groups in total. The molecule has 1 fully saturated rings. The number of aliphatic hydroxyl groups is 1. The quantitative estimate of drug-likeness (QED) is 0.662. The Morgan fingerprint density at radius 2 is 2.08 bits per heavy atom. The van der Waals surface area contributed by atoms with Crippen molar-refractivity contribution in [3.05, 3.63) is 0 Å². The summed E-state index contributed by atoms with van der Waals surface area (Å²) >= 11 is 0. The second kappa shape index (κ2) is 3.05. The van der Waals surface area contributed by atoms with Crippen molar-refractivity contribution in [3.8, 4) is 0 Å². The molecule has 0 radical (unpaired) electrons. The summed E-state index contributed by atoms with van der Waals surface area (Å²) in [7, 11) is 0. The molecule has 0 spiro atoms. The highest BCUT2D eigenvalue weighted by molar-refractivity contribution is 5.77. The molecule has 1 rings (SSSR count). The summed E-state index contributed by atoms with van der Waals surface area (Å²) in [5, 5.41) is 9.81. The second-order valence-corrected chi connectivity index (χ2v) is 3.86. The zero-order chi connectivity index (χ0) is 9.35. The zero-order valence-corrected chi connectivity index (χ0v) is 8.00. The minimum Gasteiger partial charge on any atom is -0.386 e. The van der Waals surface area contributed by atoms with E-state index >= 15 is 0 Å². The predicted octanol–water partition coefficient (Wildman–Crippen LogP) is 0.626. The molecule has 0 aromatic heterocycles. The Balaban J connectivity index is 2.41. The van der Waals surface area contributed by atoms with Crippen LogP contribution in [-0.2, 0) is 4.79 Å². The van der Waals surface area contributed by atoms with Crippen molar-refractivity contribution in [1.29, 1.82) is 0 Å². The molecule has 70 valence electrons. The van der Waals surface area contributed by atoms with E-state index in [-0.39, 0.29) is 11.8 Å². The van der Waals surface area contributed by atoms with E-state index in [2.05, 4.69) is 0 Å². The van der Waals surface area contributed by atoms with Crippen LogP contribution in [0.4, 0.5) is 0 Å². The van der Waals surface area contributed by atoms with Gasteiger partial charge in [0, 0.05) is 6.42 Å². The fourth-order valence-corrected chi connectivity index (χ4v) is 1.38. The van der Waals surface area contributed by atoms with Crippen molar-refractivity contribution >= 4 is 5.91 Å². The van der Waals surface area contributed by atoms with Crippen molar-refractivity contribution in [2.24, 2.45) is 5.92 Å². The number of carbonyl (C=O) groups is 1. The van der Waals surface area contributed by atoms with Crippen LogP contribution in [0.3, 0.4) is 0 Å². The van der Waals surface area contributed by atoms with Gasteiger partial charge in [0.05, 0.1) is 13.1 Å². The Hall–Kier alpha value is -0.570. The molecule has 1 aliphatic heterocycles. The van der Waals surface area contributed by atoms with Crippen LogP contribution in [0.1, 0.15) is 27.2 Å². The summed E-state index contributed by atoms with van der Waals surface area (Å²) in [6.07, 6.45) is 0.536. The molecule has 1 aliphatic rings. The van der Waals surface area contributed by atoms with Crippen molar-refractivity contribution < 1.29 is 9.90 Å². The summed E-state index contributed by atoms with van der Waals surface area (Å²) in [5.41, 5.74) is -0.620. The number of hydrogen-bond acceptors (Lipinski definition) is 2. The lowest BCUT2D eigenvalue weighted by Gasteiger charge is -2.49. The third-order valence-electron chi connectivity index (χ3n) is 2.66. The SMILES string of the molecule is CCC(=O)N1CC(O)(C(C)C)C1. The Morgan fingerprint density at radius 3 is 2.42 bits per heavy atom. The molecule has 0 unspecified atom stereocenters. The highest BCUT2D eigenvalue weighted by atomic mass is 16.3. The van der Waals surface area contributed by atoms with Gasteiger partial charge in [-0.25, -0.2) is 0 Å². The van der Waals surface area contributed by atoms with E-state index in [0.717, 1.165) is 0 Å². The summed E-state index contributed by atoms with van der Waals surface area (Å²) in [4.78, 5) is 12.8. The Bertz CT molecular complexity index is 183. The van der Waals surface area contributed by atoms with Gasteiger partial charge in [-0.2, -0.15) is 0 Å². The van der Waals surface area contributed by atoms with Crippen LogP contribution in [0.5, 0.6) is 0 Å². The summed E-state index contributed by atoms with van der Waals surface area (Å²) in [5.74, 6) is 0.374. The van der Waals surface area contributed by atoms with Crippen molar-refractivity contribution in [2.75, 3.05) is 13.1 Å². The molecule has 0 aromatic carbocycles. The van der Waals surface area contributed by atoms with Gasteiger partial charge < -0.3 is 10.0 Å². The monoisotopic (exact) mass is 171 g/mol. The van der Waals surface area contributed by atoms with Gasteiger partial charge >= 0.3 is 0 Å². The third kappa shape index (κ3) is 1.46. The van der Waals surface area contributed by atoms with Gasteiger partial charge in [0.2, 0.25) is 5.91 Å². The number of carbonyl (C=O) groups excluding carboxylic acids is 1. The first kappa shape index (κ1) is 9.52. The first-order chi connectivity index (χ1) is 5.49. The highest BCUT2D eigenvalue weighted by Crippen LogP contribution is 2.28. The smallest absolute Gasteiger partial charge is 0.222 e. The molecule has 1 saturated heterocycles. The molecule has 1 amide bonds. The average Bonchev–Trinajstić information content (AvgIpc) is 1.96. The highest BCUT2D eigenvalue weighted by Gasteiger charge is 2.45. The normalized spacial score (nSPS) is 20.9. The van der Waals surface area contributed by atoms with Crippen LogP contribution in [0.25, 0.3) is 0 Å². The lowest BCUT2D eigenvalue weighted by Crippen LogP contribution is -2.65. The van der Waals surface area contributed by atoms with E-state index in [1.54, 1.807) is 4.90 Å². The van der Waals surface area contributed by atoms with Crippen molar-refractivity contribution in [3.63, 3.8) is 0 Å². The van der Waals surface area contributed by atoms with Gasteiger partial charge in [0.15, 0.2) is 0 Å². The van der Waals surface area contributed by atoms with Crippen LogP contribution < -0.4 is 0 Å². The Labute approximate surface area is 73.4 Å². The zero-order valence-electron chi connectivity index (χ0n) is 8.00. The maximum atomic E-state index is 11.1. The fourth-order valence-electron chi connectivity index (χ4n) is 1.38. The average molecular weight is 171 g/mol. The molecule has 0 bridgehead atoms. The van der Waals surface area contributed by atoms with Gasteiger partial charge in [0.1, 0.15) is 5.60 Å². The summed E-state index contributed by atoms with van der Waals surface area (Å²) in [6, 6.07) is 0. The van der Waals surface area contributed by atoms with E-state index in [1.807, 2.05) is 20.8 Å².